The highest BCUT2D eigenvalue weighted by Gasteiger charge is 2.14. The largest absolute Gasteiger partial charge is 0.321 e. The molecule has 0 unspecified atom stereocenters. The number of fused-ring (bicyclic) bond motifs is 1. The summed E-state index contributed by atoms with van der Waals surface area (Å²) in [6, 6.07) is 25.4. The van der Waals surface area contributed by atoms with Crippen LogP contribution in [-0.2, 0) is 11.2 Å². The van der Waals surface area contributed by atoms with Crippen LogP contribution in [0.25, 0.3) is 16.8 Å². The van der Waals surface area contributed by atoms with Crippen molar-refractivity contribution < 1.29 is 4.79 Å². The summed E-state index contributed by atoms with van der Waals surface area (Å²) < 4.78 is 0. The Morgan fingerprint density at radius 2 is 1.68 bits per heavy atom. The average Bonchev–Trinajstić information content (AvgIpc) is 2.80. The molecule has 34 heavy (non-hydrogen) atoms. The minimum Gasteiger partial charge on any atom is -0.321 e. The number of carbonyl (C=O) groups excluding carboxylic acids is 1. The fourth-order valence-corrected chi connectivity index (χ4v) is 4.42. The van der Waals surface area contributed by atoms with Crippen LogP contribution in [0.2, 0.25) is 10.0 Å². The summed E-state index contributed by atoms with van der Waals surface area (Å²) in [6.07, 6.45) is 2.36. The average molecular weight is 485 g/mol. The molecule has 5 heteroatoms. The van der Waals surface area contributed by atoms with Crippen molar-refractivity contribution in [2.24, 2.45) is 0 Å². The number of anilines is 1. The highest BCUT2D eigenvalue weighted by atomic mass is 35.5. The molecule has 4 aromatic rings. The van der Waals surface area contributed by atoms with Gasteiger partial charge in [0, 0.05) is 5.69 Å². The number of hydrogen-bond donors (Lipinski definition) is 1. The van der Waals surface area contributed by atoms with Gasteiger partial charge in [-0.1, -0.05) is 88.9 Å². The second-order valence-electron chi connectivity index (χ2n) is 8.29. The second-order valence-corrected chi connectivity index (χ2v) is 9.10. The van der Waals surface area contributed by atoms with Gasteiger partial charge in [0.1, 0.15) is 11.6 Å². The third-order valence-corrected chi connectivity index (χ3v) is 6.31. The van der Waals surface area contributed by atoms with E-state index >= 15 is 0 Å². The maximum atomic E-state index is 13.0. The van der Waals surface area contributed by atoms with Crippen LogP contribution < -0.4 is 5.32 Å². The quantitative estimate of drug-likeness (QED) is 0.231. The first-order chi connectivity index (χ1) is 16.3. The van der Waals surface area contributed by atoms with Gasteiger partial charge in [-0.3, -0.25) is 4.79 Å². The van der Waals surface area contributed by atoms with E-state index in [9.17, 15) is 10.1 Å². The molecule has 1 N–H and O–H groups in total. The molecule has 1 amide bonds. The van der Waals surface area contributed by atoms with E-state index < -0.39 is 5.91 Å². The number of rotatable bonds is 5. The molecular formula is C29H22Cl2N2O. The third-order valence-electron chi connectivity index (χ3n) is 5.57. The molecule has 0 aromatic heterocycles. The number of nitriles is 1. The SMILES string of the molecule is Cc1cc(C)cc(Cc2ccc3ccccc3c2/C=C(\C#N)C(=O)Nc2ccc(Cl)c(Cl)c2)c1. The first-order valence-corrected chi connectivity index (χ1v) is 11.6. The zero-order valence-electron chi connectivity index (χ0n) is 18.8. The fourth-order valence-electron chi connectivity index (χ4n) is 4.12. The van der Waals surface area contributed by atoms with Gasteiger partial charge >= 0.3 is 0 Å². The number of benzene rings is 4. The summed E-state index contributed by atoms with van der Waals surface area (Å²) in [5.41, 5.74) is 5.95. The Labute approximate surface area is 209 Å². The molecule has 4 aromatic carbocycles. The van der Waals surface area contributed by atoms with Crippen LogP contribution in [0.1, 0.15) is 27.8 Å². The van der Waals surface area contributed by atoms with Crippen molar-refractivity contribution in [3.05, 3.63) is 116 Å². The molecule has 168 valence electrons. The fraction of sp³-hybridized carbons (Fsp3) is 0.103. The second kappa shape index (κ2) is 10.1. The lowest BCUT2D eigenvalue weighted by atomic mass is 9.92. The van der Waals surface area contributed by atoms with Crippen LogP contribution in [0.4, 0.5) is 5.69 Å². The number of amides is 1. The van der Waals surface area contributed by atoms with Gasteiger partial charge in [-0.15, -0.1) is 0 Å². The highest BCUT2D eigenvalue weighted by molar-refractivity contribution is 6.42. The smallest absolute Gasteiger partial charge is 0.266 e. The van der Waals surface area contributed by atoms with Crippen molar-refractivity contribution in [2.75, 3.05) is 5.32 Å². The molecule has 0 saturated carbocycles. The van der Waals surface area contributed by atoms with E-state index in [2.05, 4.69) is 55.6 Å². The summed E-state index contributed by atoms with van der Waals surface area (Å²) in [7, 11) is 0. The van der Waals surface area contributed by atoms with E-state index in [1.807, 2.05) is 24.3 Å². The van der Waals surface area contributed by atoms with Crippen molar-refractivity contribution in [1.82, 2.24) is 0 Å². The van der Waals surface area contributed by atoms with Crippen LogP contribution in [0.15, 0.2) is 78.4 Å². The minimum absolute atomic E-state index is 0.00379. The van der Waals surface area contributed by atoms with Crippen molar-refractivity contribution in [3.63, 3.8) is 0 Å². The summed E-state index contributed by atoms with van der Waals surface area (Å²) in [4.78, 5) is 13.0. The highest BCUT2D eigenvalue weighted by Crippen LogP contribution is 2.29. The van der Waals surface area contributed by atoms with E-state index in [4.69, 9.17) is 23.2 Å². The lowest BCUT2D eigenvalue weighted by molar-refractivity contribution is -0.112. The van der Waals surface area contributed by atoms with Gasteiger partial charge in [0.25, 0.3) is 5.91 Å². The number of aryl methyl sites for hydroxylation is 2. The summed E-state index contributed by atoms with van der Waals surface area (Å²) in [5, 5.41) is 15.3. The van der Waals surface area contributed by atoms with Crippen LogP contribution in [0.5, 0.6) is 0 Å². The molecule has 4 rings (SSSR count). The lowest BCUT2D eigenvalue weighted by Gasteiger charge is -2.13. The summed E-state index contributed by atoms with van der Waals surface area (Å²) in [6.45, 7) is 4.16. The van der Waals surface area contributed by atoms with Gasteiger partial charge in [-0.25, -0.2) is 0 Å². The molecular weight excluding hydrogens is 463 g/mol. The normalized spacial score (nSPS) is 11.3. The van der Waals surface area contributed by atoms with Crippen molar-refractivity contribution in [2.45, 2.75) is 20.3 Å². The Morgan fingerprint density at radius 1 is 0.941 bits per heavy atom. The van der Waals surface area contributed by atoms with Gasteiger partial charge in [-0.05, 0) is 72.0 Å². The Kier molecular flexibility index (Phi) is 7.03. The maximum Gasteiger partial charge on any atom is 0.266 e. The maximum absolute atomic E-state index is 13.0. The first kappa shape index (κ1) is 23.6. The number of nitrogens with zero attached hydrogens (tertiary/aromatic N) is 1. The molecule has 0 aliphatic carbocycles. The van der Waals surface area contributed by atoms with Gasteiger partial charge < -0.3 is 5.32 Å². The van der Waals surface area contributed by atoms with Crippen LogP contribution >= 0.6 is 23.2 Å². The van der Waals surface area contributed by atoms with Crippen LogP contribution in [-0.4, -0.2) is 5.91 Å². The van der Waals surface area contributed by atoms with Crippen molar-refractivity contribution in [1.29, 1.82) is 5.26 Å². The predicted molar refractivity (Wildman–Crippen MR) is 141 cm³/mol. The van der Waals surface area contributed by atoms with E-state index in [0.29, 0.717) is 22.2 Å². The predicted octanol–water partition coefficient (Wildman–Crippen LogP) is 7.90. The van der Waals surface area contributed by atoms with Crippen LogP contribution in [0, 0.1) is 25.2 Å². The monoisotopic (exact) mass is 484 g/mol. The van der Waals surface area contributed by atoms with Gasteiger partial charge in [-0.2, -0.15) is 5.26 Å². The minimum atomic E-state index is -0.508. The molecule has 0 aliphatic rings. The lowest BCUT2D eigenvalue weighted by Crippen LogP contribution is -2.13. The molecule has 0 saturated heterocycles. The molecule has 0 atom stereocenters. The molecule has 3 nitrogen and oxygen atoms in total. The zero-order valence-corrected chi connectivity index (χ0v) is 20.3. The van der Waals surface area contributed by atoms with Gasteiger partial charge in [0.2, 0.25) is 0 Å². The van der Waals surface area contributed by atoms with Crippen molar-refractivity contribution in [3.8, 4) is 6.07 Å². The Hall–Kier alpha value is -3.58. The van der Waals surface area contributed by atoms with Crippen LogP contribution in [0.3, 0.4) is 0 Å². The third kappa shape index (κ3) is 5.31. The Bertz CT molecular complexity index is 1460. The number of nitrogens with one attached hydrogen (secondary N) is 1. The summed E-state index contributed by atoms with van der Waals surface area (Å²) in [5.74, 6) is -0.508. The molecule has 0 fully saturated rings. The molecule has 0 aliphatic heterocycles. The van der Waals surface area contributed by atoms with E-state index in [-0.39, 0.29) is 5.57 Å². The van der Waals surface area contributed by atoms with E-state index in [0.717, 1.165) is 21.9 Å². The summed E-state index contributed by atoms with van der Waals surface area (Å²) >= 11 is 12.0. The number of carbonyl (C=O) groups is 1. The number of hydrogen-bond acceptors (Lipinski definition) is 2. The van der Waals surface area contributed by atoms with E-state index in [1.165, 1.54) is 16.7 Å². The van der Waals surface area contributed by atoms with Crippen molar-refractivity contribution >= 4 is 51.6 Å². The molecule has 0 heterocycles. The Balaban J connectivity index is 1.77. The Morgan fingerprint density at radius 3 is 2.38 bits per heavy atom. The topological polar surface area (TPSA) is 52.9 Å². The molecule has 0 bridgehead atoms. The zero-order chi connectivity index (χ0) is 24.2. The molecule has 0 radical (unpaired) electrons. The van der Waals surface area contributed by atoms with Gasteiger partial charge in [0.15, 0.2) is 0 Å². The first-order valence-electron chi connectivity index (χ1n) is 10.8. The molecule has 0 spiro atoms. The van der Waals surface area contributed by atoms with E-state index in [1.54, 1.807) is 24.3 Å². The van der Waals surface area contributed by atoms with Gasteiger partial charge in [0.05, 0.1) is 10.0 Å². The number of halogens is 2. The standard InChI is InChI=1S/C29H22Cl2N2O/c1-18-11-19(2)13-20(12-18)14-22-8-7-21-5-3-4-6-25(21)26(22)15-23(17-32)29(34)33-24-9-10-27(30)28(31)16-24/h3-13,15-16H,14H2,1-2H3,(H,33,34)/b23-15+.